The first-order valence-corrected chi connectivity index (χ1v) is 9.09. The minimum absolute atomic E-state index is 0.140. The van der Waals surface area contributed by atoms with Gasteiger partial charge in [-0.15, -0.1) is 0 Å². The Morgan fingerprint density at radius 1 is 1.12 bits per heavy atom. The Hall–Kier alpha value is -0.990. The highest BCUT2D eigenvalue weighted by molar-refractivity contribution is 8.11. The number of rotatable bonds is 1. The smallest absolute Gasteiger partial charge is 0.379 e. The maximum atomic E-state index is 12.7. The number of halogens is 4. The fraction of sp³-hybridized carbons (Fsp3) is 0.176. The lowest BCUT2D eigenvalue weighted by Gasteiger charge is -2.34. The fourth-order valence-corrected chi connectivity index (χ4v) is 4.37. The van der Waals surface area contributed by atoms with Gasteiger partial charge in [-0.05, 0) is 36.1 Å². The van der Waals surface area contributed by atoms with Crippen molar-refractivity contribution in [1.29, 1.82) is 0 Å². The zero-order valence-corrected chi connectivity index (χ0v) is 15.9. The molecule has 1 nitrogen and oxygen atoms in total. The minimum atomic E-state index is -4.38. The molecule has 0 saturated heterocycles. The van der Waals surface area contributed by atoms with Crippen LogP contribution in [0.25, 0.3) is 4.91 Å². The van der Waals surface area contributed by atoms with E-state index in [2.05, 4.69) is 0 Å². The lowest BCUT2D eigenvalue weighted by atomic mass is 9.82. The van der Waals surface area contributed by atoms with Crippen molar-refractivity contribution >= 4 is 62.4 Å². The molecule has 1 N–H and O–H groups in total. The van der Waals surface area contributed by atoms with Gasteiger partial charge in [0, 0.05) is 16.1 Å². The molecule has 25 heavy (non-hydrogen) atoms. The Kier molecular flexibility index (Phi) is 4.75. The van der Waals surface area contributed by atoms with Crippen molar-refractivity contribution in [2.24, 2.45) is 0 Å². The molecule has 1 unspecified atom stereocenters. The predicted octanol–water partition coefficient (Wildman–Crippen LogP) is 5.67. The SMILES string of the molecule is CC1(O)C(=S)C2=CSC(c3ccc(C(F)(F)F)cc3)=CC2=C(Cl)C1=S. The molecule has 0 amide bonds. The number of fused-ring (bicyclic) bond motifs is 1. The third-order valence-electron chi connectivity index (χ3n) is 3.93. The van der Waals surface area contributed by atoms with Gasteiger partial charge in [0.05, 0.1) is 20.3 Å². The van der Waals surface area contributed by atoms with E-state index in [0.717, 1.165) is 17.0 Å². The van der Waals surface area contributed by atoms with Crippen LogP contribution in [0.1, 0.15) is 18.1 Å². The largest absolute Gasteiger partial charge is 0.416 e. The minimum Gasteiger partial charge on any atom is -0.379 e. The highest BCUT2D eigenvalue weighted by atomic mass is 35.5. The Bertz CT molecular complexity index is 877. The second-order valence-corrected chi connectivity index (χ2v) is 7.80. The molecule has 1 heterocycles. The van der Waals surface area contributed by atoms with Crippen LogP contribution in [0.15, 0.2) is 51.9 Å². The number of hydrogen-bond donors (Lipinski definition) is 1. The summed E-state index contributed by atoms with van der Waals surface area (Å²) in [7, 11) is 0. The third kappa shape index (κ3) is 3.24. The molecular formula is C17H10ClF3OS3. The summed E-state index contributed by atoms with van der Waals surface area (Å²) in [5.74, 6) is 0. The lowest BCUT2D eigenvalue weighted by Crippen LogP contribution is -2.46. The van der Waals surface area contributed by atoms with Crippen LogP contribution in [-0.2, 0) is 6.18 Å². The zero-order valence-electron chi connectivity index (χ0n) is 12.6. The van der Waals surface area contributed by atoms with Gasteiger partial charge in [0.1, 0.15) is 5.60 Å². The Morgan fingerprint density at radius 2 is 1.72 bits per heavy atom. The fourth-order valence-electron chi connectivity index (χ4n) is 2.46. The standard InChI is InChI=1S/C17H10ClF3OS3/c1-16(22)14(23)11-7-25-12(6-10(11)13(18)15(16)24)8-2-4-9(5-3-8)17(19,20)21/h2-7,22H,1H3. The normalized spacial score (nSPS) is 24.1. The van der Waals surface area contributed by atoms with E-state index in [0.29, 0.717) is 16.7 Å². The van der Waals surface area contributed by atoms with Crippen molar-refractivity contribution in [2.45, 2.75) is 18.7 Å². The van der Waals surface area contributed by atoms with Gasteiger partial charge in [0.2, 0.25) is 0 Å². The Morgan fingerprint density at radius 3 is 2.28 bits per heavy atom. The number of thiocarbonyl (C=S) groups is 2. The lowest BCUT2D eigenvalue weighted by molar-refractivity contribution is -0.137. The molecule has 1 atom stereocenters. The molecule has 0 saturated carbocycles. The molecule has 3 rings (SSSR count). The average molecular weight is 419 g/mol. The summed E-state index contributed by atoms with van der Waals surface area (Å²) in [6.45, 7) is 1.50. The van der Waals surface area contributed by atoms with Gasteiger partial charge in [-0.3, -0.25) is 0 Å². The highest BCUT2D eigenvalue weighted by Gasteiger charge is 2.42. The topological polar surface area (TPSA) is 20.2 Å². The molecule has 2 aliphatic rings. The van der Waals surface area contributed by atoms with Crippen LogP contribution in [-0.4, -0.2) is 20.4 Å². The quantitative estimate of drug-likeness (QED) is 0.592. The molecule has 0 bridgehead atoms. The van der Waals surface area contributed by atoms with Gasteiger partial charge >= 0.3 is 6.18 Å². The van der Waals surface area contributed by atoms with Crippen molar-refractivity contribution < 1.29 is 18.3 Å². The number of aliphatic hydroxyl groups is 1. The number of alkyl halides is 3. The number of thioether (sulfide) groups is 1. The van der Waals surface area contributed by atoms with Gasteiger partial charge in [0.15, 0.2) is 0 Å². The average Bonchev–Trinajstić information content (AvgIpc) is 2.57. The van der Waals surface area contributed by atoms with E-state index in [1.54, 1.807) is 11.5 Å². The molecule has 0 spiro atoms. The van der Waals surface area contributed by atoms with Gasteiger partial charge in [-0.2, -0.15) is 13.2 Å². The van der Waals surface area contributed by atoms with Crippen molar-refractivity contribution in [1.82, 2.24) is 0 Å². The summed E-state index contributed by atoms with van der Waals surface area (Å²) in [4.78, 5) is 1.14. The summed E-state index contributed by atoms with van der Waals surface area (Å²) in [6.07, 6.45) is -2.64. The molecule has 1 aliphatic carbocycles. The van der Waals surface area contributed by atoms with E-state index >= 15 is 0 Å². The number of benzene rings is 1. The monoisotopic (exact) mass is 418 g/mol. The molecule has 0 radical (unpaired) electrons. The first kappa shape index (κ1) is 18.8. The van der Waals surface area contributed by atoms with Crippen molar-refractivity contribution in [3.63, 3.8) is 0 Å². The van der Waals surface area contributed by atoms with Crippen molar-refractivity contribution in [2.75, 3.05) is 0 Å². The molecule has 0 fully saturated rings. The summed E-state index contributed by atoms with van der Waals surface area (Å²) in [6, 6.07) is 4.88. The predicted molar refractivity (Wildman–Crippen MR) is 104 cm³/mol. The van der Waals surface area contributed by atoms with Crippen molar-refractivity contribution in [3.05, 3.63) is 63.1 Å². The molecule has 8 heteroatoms. The summed E-state index contributed by atoms with van der Waals surface area (Å²) in [5.41, 5.74) is -0.366. The van der Waals surface area contributed by atoms with E-state index in [1.807, 2.05) is 0 Å². The maximum absolute atomic E-state index is 12.7. The van der Waals surface area contributed by atoms with Gasteiger partial charge in [-0.25, -0.2) is 0 Å². The van der Waals surface area contributed by atoms with Crippen LogP contribution in [0.2, 0.25) is 0 Å². The first-order valence-electron chi connectivity index (χ1n) is 7.02. The van der Waals surface area contributed by atoms with Gasteiger partial charge in [0.25, 0.3) is 0 Å². The van der Waals surface area contributed by atoms with Crippen molar-refractivity contribution in [3.8, 4) is 0 Å². The number of allylic oxidation sites excluding steroid dienone is 2. The first-order chi connectivity index (χ1) is 11.5. The van der Waals surface area contributed by atoms with E-state index in [-0.39, 0.29) is 14.8 Å². The van der Waals surface area contributed by atoms with Gasteiger partial charge in [-0.1, -0.05) is 59.9 Å². The van der Waals surface area contributed by atoms with E-state index in [1.165, 1.54) is 30.8 Å². The van der Waals surface area contributed by atoms with E-state index in [9.17, 15) is 18.3 Å². The summed E-state index contributed by atoms with van der Waals surface area (Å²) in [5, 5.41) is 12.4. The molecular weight excluding hydrogens is 409 g/mol. The van der Waals surface area contributed by atoms with Crippen LogP contribution in [0, 0.1) is 0 Å². The van der Waals surface area contributed by atoms with Crippen LogP contribution >= 0.6 is 47.8 Å². The zero-order chi connectivity index (χ0) is 18.6. The molecule has 1 aromatic rings. The van der Waals surface area contributed by atoms with Crippen LogP contribution < -0.4 is 0 Å². The van der Waals surface area contributed by atoms with Gasteiger partial charge < -0.3 is 5.11 Å². The van der Waals surface area contributed by atoms with Crippen LogP contribution in [0.3, 0.4) is 0 Å². The summed E-state index contributed by atoms with van der Waals surface area (Å²) >= 11 is 18.1. The van der Waals surface area contributed by atoms with Crippen LogP contribution in [0.5, 0.6) is 0 Å². The maximum Gasteiger partial charge on any atom is 0.416 e. The van der Waals surface area contributed by atoms with E-state index in [4.69, 9.17) is 36.0 Å². The Balaban J connectivity index is 2.02. The van der Waals surface area contributed by atoms with E-state index < -0.39 is 17.3 Å². The molecule has 0 aromatic heterocycles. The molecule has 130 valence electrons. The number of hydrogen-bond acceptors (Lipinski definition) is 4. The molecule has 1 aromatic carbocycles. The highest BCUT2D eigenvalue weighted by Crippen LogP contribution is 2.44. The second kappa shape index (κ2) is 6.32. The Labute approximate surface area is 162 Å². The third-order valence-corrected chi connectivity index (χ3v) is 6.62. The second-order valence-electron chi connectivity index (χ2n) is 5.69. The summed E-state index contributed by atoms with van der Waals surface area (Å²) < 4.78 is 38.1. The van der Waals surface area contributed by atoms with Crippen LogP contribution in [0.4, 0.5) is 13.2 Å². The molecule has 1 aliphatic heterocycles.